The number of amides is 1. The number of fused-ring (bicyclic) bond motifs is 3. The highest BCUT2D eigenvalue weighted by Gasteiger charge is 2.49. The minimum absolute atomic E-state index is 0.0188. The largest absolute Gasteiger partial charge is 0.695 e. The van der Waals surface area contributed by atoms with Crippen molar-refractivity contribution in [3.05, 3.63) is 118 Å². The SMILES string of the molecule is C[C@@H]1[C@H](OP(=S)(OCCC#N)OC[C@H]2O[C@@H](n3cnc4c(NC(=O)c5ccccc5)ncnc43)C[C@@H]2O[P+](=O)O)[C@@H](CO)O[C@H]1n1cnc2c(=O)n3ccn(CCc4ccc([N+](=O)[O-])cc4)c3nc21. The number of benzene rings is 2. The van der Waals surface area contributed by atoms with Crippen LogP contribution in [0.15, 0.2) is 90.8 Å². The van der Waals surface area contributed by atoms with E-state index >= 15 is 0 Å². The standard InChI is InChI=1S/C41H40N12O13P2S/c1-24-34(29(19-54)64-40(24)52-23-46-33-37(52)48-41-49(15-16-50(41)39(33)56)14-12-25-8-10-27(11-9-25)53(57)58)66-68(69,61-17-5-13-42)62-20-30-28(65-67(59)60)18-31(63-30)51-22-45-32-35(43-21-44-36(32)51)47-38(55)26-6-3-2-4-7-26/h2-4,6-11,15-16,21-24,28-31,34,40,54H,5,12,14,17-20H2,1H3,(H-,43,44,47,55,59,60)/p+1/t24-,28+,29-,30-,31-,34+,40-,68?/m1/s1. The lowest BCUT2D eigenvalue weighted by Gasteiger charge is -2.29. The first-order valence-electron chi connectivity index (χ1n) is 21.2. The van der Waals surface area contributed by atoms with Crippen LogP contribution in [0.2, 0.25) is 0 Å². The van der Waals surface area contributed by atoms with Gasteiger partial charge in [0.25, 0.3) is 17.2 Å². The van der Waals surface area contributed by atoms with Crippen LogP contribution in [-0.4, -0.2) is 108 Å². The molecule has 7 aromatic rings. The zero-order chi connectivity index (χ0) is 48.4. The Bertz CT molecular complexity index is 3200. The second-order valence-corrected chi connectivity index (χ2v) is 19.5. The summed E-state index contributed by atoms with van der Waals surface area (Å²) in [6.45, 7) is -2.84. The molecule has 1 amide bonds. The van der Waals surface area contributed by atoms with Crippen LogP contribution >= 0.6 is 15.0 Å². The fourth-order valence-electron chi connectivity index (χ4n) is 8.21. The molecule has 25 nitrogen and oxygen atoms in total. The second kappa shape index (κ2) is 20.3. The maximum Gasteiger partial charge on any atom is 0.695 e. The fraction of sp³-hybridized carbons (Fsp3) is 0.366. The van der Waals surface area contributed by atoms with Gasteiger partial charge in [0.1, 0.15) is 43.2 Å². The number of nitro benzene ring substituents is 1. The monoisotopic (exact) mass is 1000 g/mol. The van der Waals surface area contributed by atoms with Crippen molar-refractivity contribution in [2.75, 3.05) is 25.1 Å². The number of nitrogens with zero attached hydrogens (tertiary/aromatic N) is 11. The molecule has 0 saturated carbocycles. The first kappa shape index (κ1) is 47.7. The maximum absolute atomic E-state index is 13.7. The number of aliphatic hydroxyl groups is 1. The summed E-state index contributed by atoms with van der Waals surface area (Å²) < 4.78 is 55.0. The molecule has 2 unspecified atom stereocenters. The molecule has 9 atom stereocenters. The van der Waals surface area contributed by atoms with Crippen LogP contribution in [0.1, 0.15) is 48.1 Å². The van der Waals surface area contributed by atoms with E-state index in [1.165, 1.54) is 35.5 Å². The van der Waals surface area contributed by atoms with Gasteiger partial charge in [0, 0.05) is 53.5 Å². The summed E-state index contributed by atoms with van der Waals surface area (Å²) in [5.41, 5.74) is 1.56. The number of carbonyl (C=O) groups excluding carboxylic acids is 1. The molecular weight excluding hydrogens is 963 g/mol. The Labute approximate surface area is 395 Å². The Kier molecular flexibility index (Phi) is 14.1. The van der Waals surface area contributed by atoms with Crippen molar-refractivity contribution in [3.8, 4) is 6.07 Å². The summed E-state index contributed by atoms with van der Waals surface area (Å²) in [6.07, 6.45) is 1.91. The van der Waals surface area contributed by atoms with Crippen LogP contribution in [0.3, 0.4) is 0 Å². The molecule has 0 bridgehead atoms. The lowest BCUT2D eigenvalue weighted by atomic mass is 10.0. The van der Waals surface area contributed by atoms with E-state index in [1.807, 2.05) is 6.07 Å². The third-order valence-electron chi connectivity index (χ3n) is 11.6. The van der Waals surface area contributed by atoms with Crippen molar-refractivity contribution in [2.45, 2.75) is 69.6 Å². The number of hydrogen-bond donors (Lipinski definition) is 3. The molecule has 0 radical (unpaired) electrons. The lowest BCUT2D eigenvalue weighted by Crippen LogP contribution is -2.32. The molecule has 7 heterocycles. The van der Waals surface area contributed by atoms with Gasteiger partial charge >= 0.3 is 15.0 Å². The Balaban J connectivity index is 0.927. The van der Waals surface area contributed by atoms with E-state index < -0.39 is 80.8 Å². The molecule has 2 fully saturated rings. The molecule has 2 aliphatic rings. The number of carbonyl (C=O) groups is 1. The van der Waals surface area contributed by atoms with Gasteiger partial charge in [-0.1, -0.05) is 37.3 Å². The topological polar surface area (TPSA) is 310 Å². The van der Waals surface area contributed by atoms with Crippen molar-refractivity contribution < 1.29 is 51.9 Å². The van der Waals surface area contributed by atoms with Crippen LogP contribution in [0.25, 0.3) is 28.1 Å². The Hall–Kier alpha value is -6.33. The van der Waals surface area contributed by atoms with Crippen LogP contribution < -0.4 is 10.9 Å². The summed E-state index contributed by atoms with van der Waals surface area (Å²) in [4.78, 5) is 69.3. The molecular formula is C41H41N12O13P2S+. The third-order valence-corrected chi connectivity index (χ3v) is 14.4. The maximum atomic E-state index is 13.7. The van der Waals surface area contributed by atoms with Gasteiger partial charge in [0.2, 0.25) is 5.78 Å². The summed E-state index contributed by atoms with van der Waals surface area (Å²) in [5.74, 6) is -0.591. The number of hydrogen-bond acceptors (Lipinski definition) is 19. The Morgan fingerprint density at radius 2 is 1.81 bits per heavy atom. The van der Waals surface area contributed by atoms with Crippen LogP contribution in [0.4, 0.5) is 11.5 Å². The van der Waals surface area contributed by atoms with Crippen molar-refractivity contribution in [1.82, 2.24) is 43.0 Å². The summed E-state index contributed by atoms with van der Waals surface area (Å²) in [7, 11) is -3.12. The molecule has 28 heteroatoms. The number of aliphatic hydroxyl groups excluding tert-OH is 1. The van der Waals surface area contributed by atoms with Gasteiger partial charge in [-0.25, -0.2) is 24.3 Å². The normalized spacial score (nSPS) is 22.5. The highest BCUT2D eigenvalue weighted by Crippen LogP contribution is 2.55. The molecule has 2 aromatic carbocycles. The van der Waals surface area contributed by atoms with Crippen LogP contribution in [-0.2, 0) is 56.9 Å². The molecule has 3 N–H and O–H groups in total. The number of nitrogens with one attached hydrogen (secondary N) is 1. The number of anilines is 1. The number of nitro groups is 1. The van der Waals surface area contributed by atoms with E-state index in [0.717, 1.165) is 5.56 Å². The highest BCUT2D eigenvalue weighted by atomic mass is 32.5. The first-order valence-corrected chi connectivity index (χ1v) is 24.9. The van der Waals surface area contributed by atoms with E-state index in [1.54, 1.807) is 75.5 Å². The molecule has 2 saturated heterocycles. The lowest BCUT2D eigenvalue weighted by molar-refractivity contribution is -0.384. The van der Waals surface area contributed by atoms with Gasteiger partial charge < -0.3 is 38.0 Å². The fourth-order valence-corrected chi connectivity index (χ4v) is 10.8. The average molecular weight is 1000 g/mol. The summed E-state index contributed by atoms with van der Waals surface area (Å²) >= 11 is 5.91. The smallest absolute Gasteiger partial charge is 0.394 e. The number of ether oxygens (including phenoxy) is 2. The van der Waals surface area contributed by atoms with E-state index in [4.69, 9.17) is 44.4 Å². The van der Waals surface area contributed by atoms with Crippen LogP contribution in [0, 0.1) is 27.4 Å². The number of imidazole rings is 3. The number of aromatic nitrogens is 9. The second-order valence-electron chi connectivity index (χ2n) is 15.9. The van der Waals surface area contributed by atoms with Gasteiger partial charge in [0.15, 0.2) is 28.1 Å². The minimum atomic E-state index is -3.89. The van der Waals surface area contributed by atoms with E-state index in [-0.39, 0.29) is 59.9 Å². The van der Waals surface area contributed by atoms with E-state index in [9.17, 15) is 39.5 Å². The molecule has 69 heavy (non-hydrogen) atoms. The third kappa shape index (κ3) is 9.93. The Morgan fingerprint density at radius 1 is 1.04 bits per heavy atom. The van der Waals surface area contributed by atoms with Crippen molar-refractivity contribution in [2.24, 2.45) is 5.92 Å². The summed E-state index contributed by atoms with van der Waals surface area (Å²) in [6, 6.07) is 16.7. The van der Waals surface area contributed by atoms with Crippen molar-refractivity contribution >= 4 is 72.3 Å². The average Bonchev–Trinajstić information content (AvgIpc) is 4.19. The highest BCUT2D eigenvalue weighted by molar-refractivity contribution is 8.07. The number of rotatable bonds is 19. The van der Waals surface area contributed by atoms with Gasteiger partial charge in [-0.3, -0.25) is 28.8 Å². The molecule has 9 rings (SSSR count). The van der Waals surface area contributed by atoms with Gasteiger partial charge in [0.05, 0.1) is 49.9 Å². The van der Waals surface area contributed by atoms with E-state index in [0.29, 0.717) is 24.3 Å². The van der Waals surface area contributed by atoms with Gasteiger partial charge in [-0.05, 0) is 35.9 Å². The van der Waals surface area contributed by atoms with E-state index in [2.05, 4.69) is 25.3 Å². The van der Waals surface area contributed by atoms with Gasteiger partial charge in [-0.2, -0.15) is 10.2 Å². The number of nitriles is 1. The van der Waals surface area contributed by atoms with Crippen LogP contribution in [0.5, 0.6) is 0 Å². The number of non-ortho nitro benzene ring substituents is 1. The predicted octanol–water partition coefficient (Wildman–Crippen LogP) is 4.49. The van der Waals surface area contributed by atoms with Gasteiger partial charge in [-0.15, -0.1) is 9.42 Å². The minimum Gasteiger partial charge on any atom is -0.394 e. The molecule has 0 spiro atoms. The molecule has 358 valence electrons. The summed E-state index contributed by atoms with van der Waals surface area (Å²) in [5, 5.41) is 33.8. The zero-order valence-corrected chi connectivity index (χ0v) is 38.8. The van der Waals surface area contributed by atoms with Crippen molar-refractivity contribution in [3.63, 3.8) is 0 Å². The zero-order valence-electron chi connectivity index (χ0n) is 36.2. The quantitative estimate of drug-likeness (QED) is 0.0435. The molecule has 2 aliphatic heterocycles. The predicted molar refractivity (Wildman–Crippen MR) is 244 cm³/mol. The first-order chi connectivity index (χ1) is 33.3. The molecule has 0 aliphatic carbocycles. The Morgan fingerprint density at radius 3 is 2.55 bits per heavy atom. The molecule has 5 aromatic heterocycles. The number of aryl methyl sites for hydroxylation is 2. The van der Waals surface area contributed by atoms with Crippen molar-refractivity contribution in [1.29, 1.82) is 5.26 Å².